The van der Waals surface area contributed by atoms with Gasteiger partial charge in [0, 0.05) is 13.6 Å². The first-order valence-electron chi connectivity index (χ1n) is 6.11. The number of carbonyl (C=O) groups is 1. The van der Waals surface area contributed by atoms with E-state index in [0.29, 0.717) is 13.2 Å². The summed E-state index contributed by atoms with van der Waals surface area (Å²) in [6, 6.07) is 6.15. The van der Waals surface area contributed by atoms with Crippen LogP contribution in [0.1, 0.15) is 11.1 Å². The van der Waals surface area contributed by atoms with Crippen LogP contribution < -0.4 is 10.1 Å². The van der Waals surface area contributed by atoms with E-state index in [4.69, 9.17) is 4.74 Å². The van der Waals surface area contributed by atoms with Crippen LogP contribution in [-0.2, 0) is 4.79 Å². The fourth-order valence-corrected chi connectivity index (χ4v) is 1.74. The summed E-state index contributed by atoms with van der Waals surface area (Å²) >= 11 is 0. The Bertz CT molecular complexity index is 385. The molecule has 0 unspecified atom stereocenters. The molecule has 0 saturated heterocycles. The number of aryl methyl sites for hydroxylation is 2. The van der Waals surface area contributed by atoms with Gasteiger partial charge in [0.25, 0.3) is 0 Å². The van der Waals surface area contributed by atoms with Gasteiger partial charge >= 0.3 is 0 Å². The van der Waals surface area contributed by atoms with Crippen molar-refractivity contribution >= 4 is 5.91 Å². The van der Waals surface area contributed by atoms with E-state index in [0.717, 1.165) is 12.3 Å². The molecule has 0 bridgehead atoms. The van der Waals surface area contributed by atoms with E-state index in [2.05, 4.69) is 25.2 Å². The molecule has 0 aliphatic carbocycles. The smallest absolute Gasteiger partial charge is 0.233 e. The molecule has 0 spiro atoms. The largest absolute Gasteiger partial charge is 0.492 e. The van der Waals surface area contributed by atoms with Gasteiger partial charge in [-0.1, -0.05) is 6.07 Å². The number of benzene rings is 1. The number of nitrogens with zero attached hydrogens (tertiary/aromatic N) is 1. The monoisotopic (exact) mass is 250 g/mol. The Labute approximate surface area is 109 Å². The number of amides is 1. The first kappa shape index (κ1) is 14.5. The molecule has 0 aliphatic rings. The second-order valence-corrected chi connectivity index (χ2v) is 4.58. The van der Waals surface area contributed by atoms with Gasteiger partial charge in [0.05, 0.1) is 6.54 Å². The predicted octanol–water partition coefficient (Wildman–Crippen LogP) is 1.36. The summed E-state index contributed by atoms with van der Waals surface area (Å²) in [5.74, 6) is 0.907. The molecule has 1 aromatic carbocycles. The van der Waals surface area contributed by atoms with Crippen molar-refractivity contribution in [1.29, 1.82) is 0 Å². The van der Waals surface area contributed by atoms with Crippen LogP contribution in [0.4, 0.5) is 0 Å². The zero-order valence-electron chi connectivity index (χ0n) is 11.6. The second kappa shape index (κ2) is 7.01. The highest BCUT2D eigenvalue weighted by Crippen LogP contribution is 2.15. The molecule has 100 valence electrons. The Morgan fingerprint density at radius 1 is 1.28 bits per heavy atom. The third-order valence-electron chi connectivity index (χ3n) is 2.63. The first-order valence-corrected chi connectivity index (χ1v) is 6.11. The molecule has 0 aromatic heterocycles. The molecule has 1 aromatic rings. The summed E-state index contributed by atoms with van der Waals surface area (Å²) in [7, 11) is 3.54. The van der Waals surface area contributed by atoms with Crippen LogP contribution in [0.3, 0.4) is 0 Å². The van der Waals surface area contributed by atoms with Crippen molar-refractivity contribution in [2.75, 3.05) is 33.8 Å². The average Bonchev–Trinajstić information content (AvgIpc) is 2.27. The molecule has 18 heavy (non-hydrogen) atoms. The molecular formula is C14H22N2O2. The molecule has 1 rings (SSSR count). The lowest BCUT2D eigenvalue weighted by molar-refractivity contribution is -0.121. The van der Waals surface area contributed by atoms with Gasteiger partial charge < -0.3 is 10.1 Å². The highest BCUT2D eigenvalue weighted by atomic mass is 16.5. The third kappa shape index (κ3) is 5.19. The van der Waals surface area contributed by atoms with Gasteiger partial charge in [0.15, 0.2) is 0 Å². The van der Waals surface area contributed by atoms with Crippen LogP contribution in [-0.4, -0.2) is 44.6 Å². The fraction of sp³-hybridized carbons (Fsp3) is 0.500. The Balaban J connectivity index is 2.35. The number of nitrogens with one attached hydrogen (secondary N) is 1. The maximum Gasteiger partial charge on any atom is 0.233 e. The van der Waals surface area contributed by atoms with E-state index < -0.39 is 0 Å². The summed E-state index contributed by atoms with van der Waals surface area (Å²) in [6.45, 7) is 5.80. The molecular weight excluding hydrogens is 228 g/mol. The summed E-state index contributed by atoms with van der Waals surface area (Å²) < 4.78 is 5.68. The molecule has 0 heterocycles. The Kier molecular flexibility index (Phi) is 5.65. The zero-order valence-corrected chi connectivity index (χ0v) is 11.6. The van der Waals surface area contributed by atoms with Gasteiger partial charge in [-0.25, -0.2) is 0 Å². The number of rotatable bonds is 6. The highest BCUT2D eigenvalue weighted by Gasteiger charge is 2.04. The van der Waals surface area contributed by atoms with Gasteiger partial charge in [-0.3, -0.25) is 9.69 Å². The van der Waals surface area contributed by atoms with Crippen molar-refractivity contribution in [2.45, 2.75) is 13.8 Å². The van der Waals surface area contributed by atoms with Gasteiger partial charge in [-0.15, -0.1) is 0 Å². The standard InChI is InChI=1S/C14H22N2O2/c1-11-7-12(2)9-13(8-11)18-6-5-16(4)10-14(17)15-3/h7-9H,5-6,10H2,1-4H3,(H,15,17). The average molecular weight is 250 g/mol. The predicted molar refractivity (Wildman–Crippen MR) is 73.0 cm³/mol. The topological polar surface area (TPSA) is 41.6 Å². The minimum absolute atomic E-state index is 0.0175. The Morgan fingerprint density at radius 2 is 1.89 bits per heavy atom. The highest BCUT2D eigenvalue weighted by molar-refractivity contribution is 5.77. The molecule has 0 aliphatic heterocycles. The molecule has 0 radical (unpaired) electrons. The zero-order chi connectivity index (χ0) is 13.5. The van der Waals surface area contributed by atoms with Crippen molar-refractivity contribution in [3.63, 3.8) is 0 Å². The summed E-state index contributed by atoms with van der Waals surface area (Å²) in [5, 5.41) is 2.60. The van der Waals surface area contributed by atoms with Crippen molar-refractivity contribution < 1.29 is 9.53 Å². The summed E-state index contributed by atoms with van der Waals surface area (Å²) in [5.41, 5.74) is 2.40. The number of hydrogen-bond acceptors (Lipinski definition) is 3. The van der Waals surface area contributed by atoms with Gasteiger partial charge in [0.1, 0.15) is 12.4 Å². The lowest BCUT2D eigenvalue weighted by atomic mass is 10.1. The maximum atomic E-state index is 11.2. The molecule has 1 N–H and O–H groups in total. The number of likely N-dealkylation sites (N-methyl/N-ethyl adjacent to an activating group) is 2. The molecule has 4 heteroatoms. The van der Waals surface area contributed by atoms with Crippen LogP contribution in [0.15, 0.2) is 18.2 Å². The molecule has 4 nitrogen and oxygen atoms in total. The normalized spacial score (nSPS) is 10.5. The van der Waals surface area contributed by atoms with Crippen LogP contribution in [0.2, 0.25) is 0 Å². The minimum atomic E-state index is 0.0175. The summed E-state index contributed by atoms with van der Waals surface area (Å²) in [4.78, 5) is 13.1. The number of ether oxygens (including phenoxy) is 1. The lowest BCUT2D eigenvalue weighted by Gasteiger charge is -2.16. The fourth-order valence-electron chi connectivity index (χ4n) is 1.74. The Hall–Kier alpha value is -1.55. The van der Waals surface area contributed by atoms with E-state index >= 15 is 0 Å². The van der Waals surface area contributed by atoms with Crippen molar-refractivity contribution in [2.24, 2.45) is 0 Å². The quantitative estimate of drug-likeness (QED) is 0.829. The van der Waals surface area contributed by atoms with Crippen LogP contribution in [0.25, 0.3) is 0 Å². The van der Waals surface area contributed by atoms with Gasteiger partial charge in [0.2, 0.25) is 5.91 Å². The summed E-state index contributed by atoms with van der Waals surface area (Å²) in [6.07, 6.45) is 0. The van der Waals surface area contributed by atoms with E-state index in [1.54, 1.807) is 7.05 Å². The third-order valence-corrected chi connectivity index (χ3v) is 2.63. The lowest BCUT2D eigenvalue weighted by Crippen LogP contribution is -2.35. The van der Waals surface area contributed by atoms with E-state index in [-0.39, 0.29) is 5.91 Å². The van der Waals surface area contributed by atoms with Crippen LogP contribution in [0, 0.1) is 13.8 Å². The van der Waals surface area contributed by atoms with Crippen molar-refractivity contribution in [3.8, 4) is 5.75 Å². The van der Waals surface area contributed by atoms with E-state index in [1.807, 2.05) is 24.1 Å². The number of carbonyl (C=O) groups excluding carboxylic acids is 1. The van der Waals surface area contributed by atoms with Crippen molar-refractivity contribution in [1.82, 2.24) is 10.2 Å². The SMILES string of the molecule is CNC(=O)CN(C)CCOc1cc(C)cc(C)c1. The second-order valence-electron chi connectivity index (χ2n) is 4.58. The molecule has 0 fully saturated rings. The first-order chi connectivity index (χ1) is 8.51. The van der Waals surface area contributed by atoms with Crippen molar-refractivity contribution in [3.05, 3.63) is 29.3 Å². The van der Waals surface area contributed by atoms with E-state index in [1.165, 1.54) is 11.1 Å². The van der Waals surface area contributed by atoms with E-state index in [9.17, 15) is 4.79 Å². The molecule has 0 atom stereocenters. The molecule has 0 saturated carbocycles. The minimum Gasteiger partial charge on any atom is -0.492 e. The molecule has 1 amide bonds. The van der Waals surface area contributed by atoms with Gasteiger partial charge in [-0.2, -0.15) is 0 Å². The van der Waals surface area contributed by atoms with Gasteiger partial charge in [-0.05, 0) is 44.2 Å². The van der Waals surface area contributed by atoms with Crippen LogP contribution >= 0.6 is 0 Å². The Morgan fingerprint density at radius 3 is 2.44 bits per heavy atom. The van der Waals surface area contributed by atoms with Crippen LogP contribution in [0.5, 0.6) is 5.75 Å². The maximum absolute atomic E-state index is 11.2. The number of hydrogen-bond donors (Lipinski definition) is 1.